The highest BCUT2D eigenvalue weighted by molar-refractivity contribution is 7.92. The van der Waals surface area contributed by atoms with Crippen LogP contribution in [0.3, 0.4) is 0 Å². The molecule has 5 rings (SSSR count). The van der Waals surface area contributed by atoms with Crippen molar-refractivity contribution in [3.8, 4) is 0 Å². The number of para-hydroxylation sites is 1. The van der Waals surface area contributed by atoms with Gasteiger partial charge in [-0.3, -0.25) is 4.90 Å². The number of sulfone groups is 1. The van der Waals surface area contributed by atoms with Crippen LogP contribution >= 0.6 is 0 Å². The number of hydrogen-bond acceptors (Lipinski definition) is 4. The van der Waals surface area contributed by atoms with Gasteiger partial charge in [0, 0.05) is 36.2 Å². The molecule has 0 saturated carbocycles. The Hall–Kier alpha value is -3.46. The van der Waals surface area contributed by atoms with Crippen molar-refractivity contribution in [2.75, 3.05) is 18.4 Å². The molecule has 2 unspecified atom stereocenters. The number of benzene rings is 3. The number of likely N-dealkylation sites (tertiary alicyclic amines) is 1. The van der Waals surface area contributed by atoms with E-state index in [9.17, 15) is 27.1 Å². The van der Waals surface area contributed by atoms with Crippen LogP contribution in [-0.4, -0.2) is 42.5 Å². The summed E-state index contributed by atoms with van der Waals surface area (Å²) in [4.78, 5) is 11.6. The van der Waals surface area contributed by atoms with Crippen LogP contribution in [-0.2, 0) is 21.7 Å². The van der Waals surface area contributed by atoms with E-state index >= 15 is 0 Å². The maximum absolute atomic E-state index is 14.4. The highest BCUT2D eigenvalue weighted by Crippen LogP contribution is 2.52. The van der Waals surface area contributed by atoms with Crippen LogP contribution in [0.5, 0.6) is 0 Å². The fourth-order valence-electron chi connectivity index (χ4n) is 5.77. The van der Waals surface area contributed by atoms with Crippen molar-refractivity contribution in [1.82, 2.24) is 4.90 Å². The molecule has 3 aromatic rings. The molecule has 3 aromatic carbocycles. The standard InChI is InChI=1S/C27H26F2N2O4S/c28-24(29)20-10-12-21(13-11-20)36(34,35)27(16-19-6-2-1-3-7-19)17-26(14-15-31(27)25(32)33)18-30-23-9-5-4-8-22(23)26/h1-13,24,30H,14-18H2,(H,32,33). The number of piperidine rings is 1. The van der Waals surface area contributed by atoms with Crippen molar-refractivity contribution >= 4 is 21.6 Å². The number of hydrogen-bond donors (Lipinski definition) is 2. The third-order valence-corrected chi connectivity index (χ3v) is 9.94. The van der Waals surface area contributed by atoms with Crippen molar-refractivity contribution in [3.05, 3.63) is 95.6 Å². The minimum atomic E-state index is -4.35. The van der Waals surface area contributed by atoms with Gasteiger partial charge in [-0.05, 0) is 42.2 Å². The average Bonchev–Trinajstić information content (AvgIpc) is 3.22. The van der Waals surface area contributed by atoms with Gasteiger partial charge in [-0.15, -0.1) is 0 Å². The van der Waals surface area contributed by atoms with Crippen molar-refractivity contribution in [1.29, 1.82) is 0 Å². The number of fused-ring (bicyclic) bond motifs is 2. The van der Waals surface area contributed by atoms with Gasteiger partial charge in [-0.1, -0.05) is 60.7 Å². The summed E-state index contributed by atoms with van der Waals surface area (Å²) in [6, 6.07) is 21.1. The van der Waals surface area contributed by atoms with E-state index in [-0.39, 0.29) is 29.8 Å². The van der Waals surface area contributed by atoms with Crippen LogP contribution in [0.2, 0.25) is 0 Å². The second-order valence-electron chi connectivity index (χ2n) is 9.52. The third kappa shape index (κ3) is 3.82. The first-order chi connectivity index (χ1) is 17.2. The largest absolute Gasteiger partial charge is 0.465 e. The second kappa shape index (κ2) is 8.89. The van der Waals surface area contributed by atoms with Gasteiger partial charge in [-0.2, -0.15) is 0 Å². The Labute approximate surface area is 208 Å². The summed E-state index contributed by atoms with van der Waals surface area (Å²) >= 11 is 0. The van der Waals surface area contributed by atoms with Gasteiger partial charge < -0.3 is 10.4 Å². The predicted octanol–water partition coefficient (Wildman–Crippen LogP) is 5.47. The minimum absolute atomic E-state index is 0.0204. The molecule has 1 saturated heterocycles. The lowest BCUT2D eigenvalue weighted by molar-refractivity contribution is 0.0621. The molecule has 0 aromatic heterocycles. The van der Waals surface area contributed by atoms with E-state index < -0.39 is 32.6 Å². The summed E-state index contributed by atoms with van der Waals surface area (Å²) < 4.78 is 55.3. The summed E-state index contributed by atoms with van der Waals surface area (Å²) in [7, 11) is -4.35. The summed E-state index contributed by atoms with van der Waals surface area (Å²) in [5, 5.41) is 13.6. The van der Waals surface area contributed by atoms with Gasteiger partial charge in [0.2, 0.25) is 9.84 Å². The molecule has 2 atom stereocenters. The Bertz CT molecular complexity index is 1380. The van der Waals surface area contributed by atoms with Gasteiger partial charge in [-0.25, -0.2) is 22.0 Å². The second-order valence-corrected chi connectivity index (χ2v) is 11.8. The van der Waals surface area contributed by atoms with Crippen molar-refractivity contribution in [3.63, 3.8) is 0 Å². The fourth-order valence-corrected chi connectivity index (χ4v) is 7.99. The number of nitrogens with one attached hydrogen (secondary N) is 1. The molecule has 0 bridgehead atoms. The molecule has 0 aliphatic carbocycles. The van der Waals surface area contributed by atoms with E-state index in [0.717, 1.165) is 40.4 Å². The van der Waals surface area contributed by atoms with Crippen molar-refractivity contribution in [2.45, 2.75) is 40.9 Å². The predicted molar refractivity (Wildman–Crippen MR) is 132 cm³/mol. The smallest absolute Gasteiger partial charge is 0.408 e. The summed E-state index contributed by atoms with van der Waals surface area (Å²) in [6.45, 7) is 0.503. The number of carbonyl (C=O) groups is 1. The lowest BCUT2D eigenvalue weighted by atomic mass is 9.70. The molecule has 0 radical (unpaired) electrons. The maximum Gasteiger partial charge on any atom is 0.408 e. The Balaban J connectivity index is 1.71. The topological polar surface area (TPSA) is 86.7 Å². The fraction of sp³-hybridized carbons (Fsp3) is 0.296. The van der Waals surface area contributed by atoms with Crippen LogP contribution in [0.15, 0.2) is 83.8 Å². The summed E-state index contributed by atoms with van der Waals surface area (Å²) in [5.41, 5.74) is 1.65. The van der Waals surface area contributed by atoms with Gasteiger partial charge >= 0.3 is 6.09 Å². The van der Waals surface area contributed by atoms with Crippen molar-refractivity contribution in [2.24, 2.45) is 0 Å². The van der Waals surface area contributed by atoms with Crippen LogP contribution in [0.25, 0.3) is 0 Å². The SMILES string of the molecule is O=C(O)N1CCC2(CNc3ccccc32)CC1(Cc1ccccc1)S(=O)(=O)c1ccc(C(F)F)cc1. The molecule has 36 heavy (non-hydrogen) atoms. The molecule has 1 fully saturated rings. The van der Waals surface area contributed by atoms with Gasteiger partial charge in [0.05, 0.1) is 4.90 Å². The first-order valence-corrected chi connectivity index (χ1v) is 13.2. The number of nitrogens with zero attached hydrogens (tertiary/aromatic N) is 1. The number of carboxylic acid groups (broad SMARTS) is 1. The number of rotatable bonds is 5. The Kier molecular flexibility index (Phi) is 5.98. The minimum Gasteiger partial charge on any atom is -0.465 e. The van der Waals surface area contributed by atoms with E-state index in [4.69, 9.17) is 0 Å². The molecule has 1 spiro atoms. The van der Waals surface area contributed by atoms with E-state index in [0.29, 0.717) is 18.5 Å². The third-order valence-electron chi connectivity index (χ3n) is 7.53. The Morgan fingerprint density at radius 1 is 1.00 bits per heavy atom. The summed E-state index contributed by atoms with van der Waals surface area (Å²) in [5.74, 6) is 0. The highest BCUT2D eigenvalue weighted by atomic mass is 32.2. The molecule has 2 aliphatic rings. The number of alkyl halides is 2. The molecular formula is C27H26F2N2O4S. The quantitative estimate of drug-likeness (QED) is 0.473. The molecule has 6 nitrogen and oxygen atoms in total. The molecule has 2 N–H and O–H groups in total. The average molecular weight is 513 g/mol. The Morgan fingerprint density at radius 3 is 2.33 bits per heavy atom. The zero-order valence-corrected chi connectivity index (χ0v) is 20.2. The van der Waals surface area contributed by atoms with E-state index in [1.807, 2.05) is 30.3 Å². The first-order valence-electron chi connectivity index (χ1n) is 11.7. The lowest BCUT2D eigenvalue weighted by Gasteiger charge is -2.51. The number of halogens is 2. The maximum atomic E-state index is 14.4. The zero-order chi connectivity index (χ0) is 25.6. The van der Waals surface area contributed by atoms with Gasteiger partial charge in [0.1, 0.15) is 0 Å². The van der Waals surface area contributed by atoms with E-state index in [1.165, 1.54) is 0 Å². The van der Waals surface area contributed by atoms with Crippen LogP contribution < -0.4 is 5.32 Å². The van der Waals surface area contributed by atoms with Crippen LogP contribution in [0.4, 0.5) is 19.3 Å². The molecule has 2 heterocycles. The van der Waals surface area contributed by atoms with Crippen LogP contribution in [0, 0.1) is 0 Å². The van der Waals surface area contributed by atoms with Crippen molar-refractivity contribution < 1.29 is 27.1 Å². The molecule has 1 amide bonds. The molecule has 188 valence electrons. The van der Waals surface area contributed by atoms with E-state index in [2.05, 4.69) is 5.32 Å². The van der Waals surface area contributed by atoms with Gasteiger partial charge in [0.15, 0.2) is 4.87 Å². The summed E-state index contributed by atoms with van der Waals surface area (Å²) in [6.07, 6.45) is -3.64. The highest BCUT2D eigenvalue weighted by Gasteiger charge is 2.60. The van der Waals surface area contributed by atoms with Crippen LogP contribution in [0.1, 0.15) is 36.0 Å². The zero-order valence-electron chi connectivity index (χ0n) is 19.4. The first kappa shape index (κ1) is 24.2. The van der Waals surface area contributed by atoms with Gasteiger partial charge in [0.25, 0.3) is 6.43 Å². The normalized spacial score (nSPS) is 23.5. The monoisotopic (exact) mass is 512 g/mol. The molecule has 9 heteroatoms. The number of anilines is 1. The lowest BCUT2D eigenvalue weighted by Crippen LogP contribution is -2.65. The number of amides is 1. The molecule has 2 aliphatic heterocycles. The molecular weight excluding hydrogens is 486 g/mol. The van der Waals surface area contributed by atoms with E-state index in [1.54, 1.807) is 24.3 Å². The Morgan fingerprint density at radius 2 is 1.67 bits per heavy atom.